The number of benzene rings is 2. The minimum atomic E-state index is -1.20. The van der Waals surface area contributed by atoms with Crippen LogP contribution in [0.5, 0.6) is 11.5 Å². The summed E-state index contributed by atoms with van der Waals surface area (Å²) in [6.07, 6.45) is 0.400. The molecule has 29 heavy (non-hydrogen) atoms. The van der Waals surface area contributed by atoms with E-state index in [1.807, 2.05) is 54.0 Å². The number of thioether (sulfide) groups is 1. The largest absolute Gasteiger partial charge is 0.477 e. The lowest BCUT2D eigenvalue weighted by molar-refractivity contribution is 0.0693. The maximum atomic E-state index is 12.5. The topological polar surface area (TPSA) is 77.8 Å². The number of aromatic carboxylic acids is 1. The van der Waals surface area contributed by atoms with Gasteiger partial charge in [0, 0.05) is 34.0 Å². The molecular formula is C22H17NO5S. The van der Waals surface area contributed by atoms with Crippen LogP contribution >= 0.6 is 11.8 Å². The molecule has 0 saturated heterocycles. The molecule has 2 aromatic carbocycles. The molecule has 0 bridgehead atoms. The van der Waals surface area contributed by atoms with Gasteiger partial charge in [-0.3, -0.25) is 4.79 Å². The maximum Gasteiger partial charge on any atom is 0.341 e. The fourth-order valence-electron chi connectivity index (χ4n) is 3.96. The zero-order chi connectivity index (χ0) is 20.1. The number of pyridine rings is 1. The van der Waals surface area contributed by atoms with E-state index in [0.29, 0.717) is 23.6 Å². The third-order valence-corrected chi connectivity index (χ3v) is 6.56. The van der Waals surface area contributed by atoms with E-state index >= 15 is 0 Å². The average molecular weight is 407 g/mol. The number of ether oxygens (including phenoxy) is 2. The Morgan fingerprint density at radius 1 is 1.14 bits per heavy atom. The quantitative estimate of drug-likeness (QED) is 0.693. The molecule has 7 heteroatoms. The van der Waals surface area contributed by atoms with Crippen LogP contribution in [0.3, 0.4) is 0 Å². The molecule has 0 amide bonds. The van der Waals surface area contributed by atoms with Gasteiger partial charge in [-0.1, -0.05) is 18.2 Å². The van der Waals surface area contributed by atoms with E-state index in [0.717, 1.165) is 21.8 Å². The summed E-state index contributed by atoms with van der Waals surface area (Å²) in [6, 6.07) is 15.0. The molecule has 5 rings (SSSR count). The molecule has 3 aromatic rings. The second kappa shape index (κ2) is 6.70. The third-order valence-electron chi connectivity index (χ3n) is 5.23. The molecule has 6 nitrogen and oxygen atoms in total. The zero-order valence-electron chi connectivity index (χ0n) is 15.5. The van der Waals surface area contributed by atoms with Gasteiger partial charge >= 0.3 is 5.97 Å². The number of para-hydroxylation sites is 1. The Kier molecular flexibility index (Phi) is 4.13. The van der Waals surface area contributed by atoms with Crippen LogP contribution in [0.25, 0.3) is 5.69 Å². The zero-order valence-corrected chi connectivity index (χ0v) is 16.4. The van der Waals surface area contributed by atoms with Crippen molar-refractivity contribution in [3.63, 3.8) is 0 Å². The first kappa shape index (κ1) is 17.9. The maximum absolute atomic E-state index is 12.5. The SMILES string of the molecule is Cc1cc(=O)c(C(=O)O)c2n1-c1ccccc1S[C@H](c1ccc3c(c1)OCO3)C2. The Balaban J connectivity index is 1.75. The molecule has 0 unspecified atom stereocenters. The summed E-state index contributed by atoms with van der Waals surface area (Å²) in [5.41, 5.74) is 2.48. The van der Waals surface area contributed by atoms with E-state index in [1.165, 1.54) is 6.07 Å². The highest BCUT2D eigenvalue weighted by molar-refractivity contribution is 7.99. The Labute approximate surface area is 170 Å². The summed E-state index contributed by atoms with van der Waals surface area (Å²) < 4.78 is 12.8. The number of rotatable bonds is 2. The van der Waals surface area contributed by atoms with Crippen LogP contribution < -0.4 is 14.9 Å². The van der Waals surface area contributed by atoms with Crippen LogP contribution in [0, 0.1) is 6.92 Å². The highest BCUT2D eigenvalue weighted by Gasteiger charge is 2.29. The van der Waals surface area contributed by atoms with Crippen LogP contribution in [0.4, 0.5) is 0 Å². The van der Waals surface area contributed by atoms with Gasteiger partial charge in [-0.15, -0.1) is 11.8 Å². The Morgan fingerprint density at radius 3 is 2.76 bits per heavy atom. The van der Waals surface area contributed by atoms with E-state index in [2.05, 4.69) is 0 Å². The number of aromatic nitrogens is 1. The third kappa shape index (κ3) is 2.89. The first-order chi connectivity index (χ1) is 14.0. The molecule has 0 saturated carbocycles. The Bertz CT molecular complexity index is 1220. The second-order valence-corrected chi connectivity index (χ2v) is 8.25. The highest BCUT2D eigenvalue weighted by Crippen LogP contribution is 2.46. The minimum Gasteiger partial charge on any atom is -0.477 e. The van der Waals surface area contributed by atoms with E-state index in [4.69, 9.17) is 9.47 Å². The van der Waals surface area contributed by atoms with Gasteiger partial charge in [0.25, 0.3) is 0 Å². The van der Waals surface area contributed by atoms with Crippen molar-refractivity contribution in [2.24, 2.45) is 0 Å². The summed E-state index contributed by atoms with van der Waals surface area (Å²) in [6.45, 7) is 2.03. The number of nitrogens with zero attached hydrogens (tertiary/aromatic N) is 1. The van der Waals surface area contributed by atoms with Crippen molar-refractivity contribution in [2.75, 3.05) is 6.79 Å². The molecular weight excluding hydrogens is 390 g/mol. The smallest absolute Gasteiger partial charge is 0.341 e. The predicted molar refractivity (Wildman–Crippen MR) is 109 cm³/mol. The molecule has 1 atom stereocenters. The Hall–Kier alpha value is -3.19. The summed E-state index contributed by atoms with van der Waals surface area (Å²) in [7, 11) is 0. The van der Waals surface area contributed by atoms with Crippen molar-refractivity contribution in [1.82, 2.24) is 4.57 Å². The second-order valence-electron chi connectivity index (χ2n) is 7.00. The molecule has 3 heterocycles. The number of fused-ring (bicyclic) bond motifs is 4. The summed E-state index contributed by atoms with van der Waals surface area (Å²) >= 11 is 1.66. The van der Waals surface area contributed by atoms with Gasteiger partial charge in [0.05, 0.1) is 5.69 Å². The van der Waals surface area contributed by atoms with E-state index in [-0.39, 0.29) is 17.6 Å². The number of carbonyl (C=O) groups is 1. The first-order valence-corrected chi connectivity index (χ1v) is 10.1. The molecule has 1 aromatic heterocycles. The number of carboxylic acids is 1. The van der Waals surface area contributed by atoms with Crippen LogP contribution in [-0.4, -0.2) is 22.4 Å². The van der Waals surface area contributed by atoms with Crippen LogP contribution in [0.2, 0.25) is 0 Å². The monoisotopic (exact) mass is 407 g/mol. The molecule has 0 spiro atoms. The number of hydrogen-bond acceptors (Lipinski definition) is 5. The van der Waals surface area contributed by atoms with Gasteiger partial charge in [-0.05, 0) is 36.8 Å². The fraction of sp³-hybridized carbons (Fsp3) is 0.182. The normalized spacial score (nSPS) is 16.7. The first-order valence-electron chi connectivity index (χ1n) is 9.17. The van der Waals surface area contributed by atoms with Crippen LogP contribution in [0.15, 0.2) is 58.2 Å². The molecule has 0 radical (unpaired) electrons. The molecule has 1 N–H and O–H groups in total. The Morgan fingerprint density at radius 2 is 1.93 bits per heavy atom. The predicted octanol–water partition coefficient (Wildman–Crippen LogP) is 3.96. The van der Waals surface area contributed by atoms with Crippen molar-refractivity contribution >= 4 is 17.7 Å². The minimum absolute atomic E-state index is 0.0845. The highest BCUT2D eigenvalue weighted by atomic mass is 32.2. The van der Waals surface area contributed by atoms with Crippen molar-refractivity contribution in [3.8, 4) is 17.2 Å². The molecule has 0 fully saturated rings. The van der Waals surface area contributed by atoms with Gasteiger partial charge in [0.2, 0.25) is 6.79 Å². The van der Waals surface area contributed by atoms with Crippen LogP contribution in [-0.2, 0) is 6.42 Å². The van der Waals surface area contributed by atoms with E-state index in [1.54, 1.807) is 11.8 Å². The molecule has 2 aliphatic heterocycles. The summed E-state index contributed by atoms with van der Waals surface area (Å²) in [5, 5.41) is 9.69. The van der Waals surface area contributed by atoms with Crippen molar-refractivity contribution < 1.29 is 19.4 Å². The standard InChI is InChI=1S/C22H17NO5S/c1-12-8-16(24)21(22(25)26)15-10-20(13-6-7-17-18(9-13)28-11-27-17)29-19-5-3-2-4-14(19)23(12)15/h2-9,20H,10-11H2,1H3,(H,25,26)/t20-/m0/s1. The lowest BCUT2D eigenvalue weighted by Gasteiger charge is -2.19. The average Bonchev–Trinajstić information content (AvgIpc) is 3.08. The van der Waals surface area contributed by atoms with Gasteiger partial charge in [0.1, 0.15) is 5.56 Å². The number of aryl methyl sites for hydroxylation is 1. The van der Waals surface area contributed by atoms with E-state index in [9.17, 15) is 14.7 Å². The number of carboxylic acid groups (broad SMARTS) is 1. The van der Waals surface area contributed by atoms with Crippen molar-refractivity contribution in [3.05, 3.63) is 81.3 Å². The van der Waals surface area contributed by atoms with Gasteiger partial charge < -0.3 is 19.1 Å². The van der Waals surface area contributed by atoms with E-state index < -0.39 is 11.4 Å². The molecule has 0 aliphatic carbocycles. The van der Waals surface area contributed by atoms with Crippen molar-refractivity contribution in [1.29, 1.82) is 0 Å². The van der Waals surface area contributed by atoms with Gasteiger partial charge in [-0.2, -0.15) is 0 Å². The van der Waals surface area contributed by atoms with Gasteiger partial charge in [0.15, 0.2) is 16.9 Å². The summed E-state index contributed by atoms with van der Waals surface area (Å²) in [4.78, 5) is 25.5. The summed E-state index contributed by atoms with van der Waals surface area (Å²) in [5.74, 6) is 0.180. The van der Waals surface area contributed by atoms with Crippen molar-refractivity contribution in [2.45, 2.75) is 23.5 Å². The van der Waals surface area contributed by atoms with Gasteiger partial charge in [-0.25, -0.2) is 4.79 Å². The number of hydrogen-bond donors (Lipinski definition) is 1. The van der Waals surface area contributed by atoms with Crippen LogP contribution in [0.1, 0.15) is 32.6 Å². The lowest BCUT2D eigenvalue weighted by atomic mass is 10.0. The molecule has 146 valence electrons. The lowest BCUT2D eigenvalue weighted by Crippen LogP contribution is -2.24. The molecule has 2 aliphatic rings. The fourth-order valence-corrected chi connectivity index (χ4v) is 5.23.